The van der Waals surface area contributed by atoms with Gasteiger partial charge in [0.2, 0.25) is 0 Å². The van der Waals surface area contributed by atoms with E-state index in [0.717, 1.165) is 0 Å². The third kappa shape index (κ3) is 3.53. The summed E-state index contributed by atoms with van der Waals surface area (Å²) < 4.78 is 38.0. The van der Waals surface area contributed by atoms with Gasteiger partial charge in [0, 0.05) is 12.7 Å². The number of benzene rings is 2. The van der Waals surface area contributed by atoms with E-state index in [1.807, 2.05) is 0 Å². The number of hydrogen-bond acceptors (Lipinski definition) is 5. The Morgan fingerprint density at radius 3 is 2.56 bits per heavy atom. The van der Waals surface area contributed by atoms with Crippen LogP contribution in [-0.2, 0) is 10.0 Å². The van der Waals surface area contributed by atoms with Crippen molar-refractivity contribution in [3.8, 4) is 11.5 Å². The van der Waals surface area contributed by atoms with Gasteiger partial charge in [-0.1, -0.05) is 0 Å². The summed E-state index contributed by atoms with van der Waals surface area (Å²) in [6.07, 6.45) is 0. The molecule has 0 aliphatic carbocycles. The first kappa shape index (κ1) is 17.1. The van der Waals surface area contributed by atoms with Crippen LogP contribution in [0.25, 0.3) is 0 Å². The molecule has 132 valence electrons. The van der Waals surface area contributed by atoms with E-state index in [-0.39, 0.29) is 10.8 Å². The van der Waals surface area contributed by atoms with Gasteiger partial charge in [-0.25, -0.2) is 8.42 Å². The Hall–Kier alpha value is -2.74. The monoisotopic (exact) mass is 362 g/mol. The second-order valence-corrected chi connectivity index (χ2v) is 7.25. The fourth-order valence-corrected chi connectivity index (χ4v) is 3.50. The van der Waals surface area contributed by atoms with Crippen LogP contribution in [-0.4, -0.2) is 46.5 Å². The number of rotatable bonds is 4. The first-order valence-corrected chi connectivity index (χ1v) is 9.08. The molecule has 0 bridgehead atoms. The van der Waals surface area contributed by atoms with Gasteiger partial charge in [0.25, 0.3) is 15.9 Å². The molecule has 0 atom stereocenters. The van der Waals surface area contributed by atoms with Gasteiger partial charge in [-0.05, 0) is 42.5 Å². The van der Waals surface area contributed by atoms with Crippen molar-refractivity contribution >= 4 is 21.6 Å². The molecule has 0 spiro atoms. The summed E-state index contributed by atoms with van der Waals surface area (Å²) in [5.41, 5.74) is 0.622. The van der Waals surface area contributed by atoms with Crippen LogP contribution in [0.15, 0.2) is 47.4 Å². The molecular formula is C17H18N2O5S. The Bertz CT molecular complexity index is 894. The second kappa shape index (κ2) is 6.64. The van der Waals surface area contributed by atoms with E-state index in [1.165, 1.54) is 30.2 Å². The molecule has 0 radical (unpaired) electrons. The number of carbonyl (C=O) groups is 1. The van der Waals surface area contributed by atoms with Gasteiger partial charge >= 0.3 is 0 Å². The number of sulfonamides is 1. The smallest absolute Gasteiger partial charge is 0.261 e. The molecule has 0 aromatic heterocycles. The van der Waals surface area contributed by atoms with Crippen molar-refractivity contribution in [2.45, 2.75) is 4.90 Å². The summed E-state index contributed by atoms with van der Waals surface area (Å²) in [7, 11) is -0.593. The quantitative estimate of drug-likeness (QED) is 0.899. The minimum atomic E-state index is -3.78. The first-order valence-electron chi connectivity index (χ1n) is 7.60. The maximum Gasteiger partial charge on any atom is 0.261 e. The molecular weight excluding hydrogens is 344 g/mol. The molecule has 0 saturated carbocycles. The number of methoxy groups -OCH3 is 1. The van der Waals surface area contributed by atoms with Gasteiger partial charge in [0.05, 0.1) is 24.1 Å². The highest BCUT2D eigenvalue weighted by Crippen LogP contribution is 2.27. The third-order valence-corrected chi connectivity index (χ3v) is 5.26. The van der Waals surface area contributed by atoms with Crippen LogP contribution in [0.4, 0.5) is 5.69 Å². The molecule has 1 heterocycles. The van der Waals surface area contributed by atoms with E-state index in [1.54, 1.807) is 31.3 Å². The van der Waals surface area contributed by atoms with Crippen molar-refractivity contribution in [3.05, 3.63) is 48.0 Å². The van der Waals surface area contributed by atoms with Crippen molar-refractivity contribution in [1.82, 2.24) is 4.90 Å². The van der Waals surface area contributed by atoms with Gasteiger partial charge in [-0.15, -0.1) is 0 Å². The lowest BCUT2D eigenvalue weighted by atomic mass is 10.1. The topological polar surface area (TPSA) is 84.9 Å². The van der Waals surface area contributed by atoms with Gasteiger partial charge in [0.15, 0.2) is 0 Å². The van der Waals surface area contributed by atoms with Crippen molar-refractivity contribution in [1.29, 1.82) is 0 Å². The van der Waals surface area contributed by atoms with E-state index in [2.05, 4.69) is 4.72 Å². The number of amides is 1. The summed E-state index contributed by atoms with van der Waals surface area (Å²) in [6.45, 7) is 0.868. The highest BCUT2D eigenvalue weighted by Gasteiger charge is 2.22. The van der Waals surface area contributed by atoms with Gasteiger partial charge in [-0.3, -0.25) is 9.52 Å². The highest BCUT2D eigenvalue weighted by molar-refractivity contribution is 7.92. The molecule has 0 unspecified atom stereocenters. The van der Waals surface area contributed by atoms with Crippen molar-refractivity contribution in [2.24, 2.45) is 0 Å². The molecule has 1 aliphatic heterocycles. The van der Waals surface area contributed by atoms with Gasteiger partial charge < -0.3 is 14.4 Å². The van der Waals surface area contributed by atoms with Crippen LogP contribution in [0.5, 0.6) is 11.5 Å². The van der Waals surface area contributed by atoms with Gasteiger partial charge in [-0.2, -0.15) is 0 Å². The predicted molar refractivity (Wildman–Crippen MR) is 92.7 cm³/mol. The molecule has 3 rings (SSSR count). The van der Waals surface area contributed by atoms with Crippen LogP contribution in [0.2, 0.25) is 0 Å². The lowest BCUT2D eigenvalue weighted by Crippen LogP contribution is -2.27. The van der Waals surface area contributed by atoms with E-state index in [4.69, 9.17) is 9.47 Å². The van der Waals surface area contributed by atoms with Crippen LogP contribution < -0.4 is 14.2 Å². The second-order valence-electron chi connectivity index (χ2n) is 5.57. The van der Waals surface area contributed by atoms with Crippen molar-refractivity contribution in [3.63, 3.8) is 0 Å². The van der Waals surface area contributed by atoms with Crippen molar-refractivity contribution < 1.29 is 22.7 Å². The molecule has 7 nitrogen and oxygen atoms in total. The zero-order valence-electron chi connectivity index (χ0n) is 13.9. The van der Waals surface area contributed by atoms with E-state index < -0.39 is 10.0 Å². The Morgan fingerprint density at radius 1 is 1.16 bits per heavy atom. The molecule has 0 saturated heterocycles. The number of fused-ring (bicyclic) bond motifs is 1. The SMILES string of the molecule is COc1ccc(S(=O)(=O)Nc2ccc3c(c2)C(=O)N(C)CCO3)cc1. The lowest BCUT2D eigenvalue weighted by Gasteiger charge is -2.14. The Balaban J connectivity index is 1.89. The maximum atomic E-state index is 12.5. The molecule has 0 fully saturated rings. The van der Waals surface area contributed by atoms with Crippen molar-refractivity contribution in [2.75, 3.05) is 32.0 Å². The van der Waals surface area contributed by atoms with E-state index >= 15 is 0 Å². The Labute approximate surface area is 146 Å². The number of hydrogen-bond donors (Lipinski definition) is 1. The molecule has 1 aliphatic rings. The largest absolute Gasteiger partial charge is 0.497 e. The summed E-state index contributed by atoms with van der Waals surface area (Å²) in [5.74, 6) is 0.800. The number of likely N-dealkylation sites (N-methyl/N-ethyl adjacent to an activating group) is 1. The Kier molecular flexibility index (Phi) is 4.54. The zero-order valence-corrected chi connectivity index (χ0v) is 14.7. The summed E-state index contributed by atoms with van der Waals surface area (Å²) in [4.78, 5) is 14.0. The fourth-order valence-electron chi connectivity index (χ4n) is 2.46. The number of ether oxygens (including phenoxy) is 2. The number of carbonyl (C=O) groups excluding carboxylic acids is 1. The molecule has 2 aromatic rings. The lowest BCUT2D eigenvalue weighted by molar-refractivity contribution is 0.0796. The van der Waals surface area contributed by atoms with Crippen LogP contribution >= 0.6 is 0 Å². The molecule has 8 heteroatoms. The normalized spacial score (nSPS) is 14.3. The van der Waals surface area contributed by atoms with E-state index in [0.29, 0.717) is 35.9 Å². The van der Waals surface area contributed by atoms with Crippen LogP contribution in [0.1, 0.15) is 10.4 Å². The summed E-state index contributed by atoms with van der Waals surface area (Å²) >= 11 is 0. The Morgan fingerprint density at radius 2 is 1.88 bits per heavy atom. The molecule has 2 aromatic carbocycles. The standard InChI is InChI=1S/C17H18N2O5S/c1-19-9-10-24-16-8-3-12(11-15(16)17(19)20)18-25(21,22)14-6-4-13(23-2)5-7-14/h3-8,11,18H,9-10H2,1-2H3. The third-order valence-electron chi connectivity index (χ3n) is 3.86. The van der Waals surface area contributed by atoms with E-state index in [9.17, 15) is 13.2 Å². The molecule has 1 N–H and O–H groups in total. The average Bonchev–Trinajstić information content (AvgIpc) is 2.74. The summed E-state index contributed by atoms with van der Waals surface area (Å²) in [6, 6.07) is 10.7. The summed E-state index contributed by atoms with van der Waals surface area (Å²) in [5, 5.41) is 0. The predicted octanol–water partition coefficient (Wildman–Crippen LogP) is 1.96. The minimum absolute atomic E-state index is 0.0999. The maximum absolute atomic E-state index is 12.5. The zero-order chi connectivity index (χ0) is 18.0. The number of anilines is 1. The average molecular weight is 362 g/mol. The first-order chi connectivity index (χ1) is 11.9. The number of nitrogens with one attached hydrogen (secondary N) is 1. The highest BCUT2D eigenvalue weighted by atomic mass is 32.2. The van der Waals surface area contributed by atoms with Crippen LogP contribution in [0.3, 0.4) is 0 Å². The number of nitrogens with zero attached hydrogens (tertiary/aromatic N) is 1. The minimum Gasteiger partial charge on any atom is -0.497 e. The van der Waals surface area contributed by atoms with Gasteiger partial charge in [0.1, 0.15) is 18.1 Å². The fraction of sp³-hybridized carbons (Fsp3) is 0.235. The molecule has 1 amide bonds. The van der Waals surface area contributed by atoms with Crippen LogP contribution in [0, 0.1) is 0 Å². The molecule has 25 heavy (non-hydrogen) atoms.